The lowest BCUT2D eigenvalue weighted by Crippen LogP contribution is -2.49. The van der Waals surface area contributed by atoms with Crippen LogP contribution in [0.25, 0.3) is 0 Å². The number of carbonyl (C=O) groups is 1. The van der Waals surface area contributed by atoms with Crippen LogP contribution in [0.15, 0.2) is 29.2 Å². The fourth-order valence-electron chi connectivity index (χ4n) is 2.01. The maximum Gasteiger partial charge on any atom is 0.243 e. The molecule has 1 aromatic carbocycles. The summed E-state index contributed by atoms with van der Waals surface area (Å²) >= 11 is 0. The monoisotopic (exact) mass is 284 g/mol. The molecule has 1 aliphatic rings. The Morgan fingerprint density at radius 1 is 1.11 bits per heavy atom. The zero-order chi connectivity index (χ0) is 14.0. The van der Waals surface area contributed by atoms with Crippen molar-refractivity contribution in [1.82, 2.24) is 9.21 Å². The number of aromatic hydroxyl groups is 1. The Labute approximate surface area is 112 Å². The smallest absolute Gasteiger partial charge is 0.243 e. The molecule has 1 saturated heterocycles. The third-order valence-electron chi connectivity index (χ3n) is 3.16. The number of sulfonamides is 1. The first-order chi connectivity index (χ1) is 8.91. The Bertz CT molecular complexity index is 560. The van der Waals surface area contributed by atoms with Crippen LogP contribution in [0, 0.1) is 0 Å². The van der Waals surface area contributed by atoms with E-state index in [0.717, 1.165) is 0 Å². The van der Waals surface area contributed by atoms with Crippen LogP contribution in [0.4, 0.5) is 0 Å². The van der Waals surface area contributed by atoms with Gasteiger partial charge in [-0.05, 0) is 24.3 Å². The number of benzene rings is 1. The summed E-state index contributed by atoms with van der Waals surface area (Å²) in [6.45, 7) is 2.88. The minimum absolute atomic E-state index is 0.0281. The Hall–Kier alpha value is -1.60. The van der Waals surface area contributed by atoms with Crippen molar-refractivity contribution in [2.24, 2.45) is 0 Å². The van der Waals surface area contributed by atoms with Gasteiger partial charge in [-0.2, -0.15) is 4.31 Å². The number of phenolic OH excluding ortho intramolecular Hbond substituents is 1. The summed E-state index contributed by atoms with van der Waals surface area (Å²) in [5.74, 6) is -0.0120. The van der Waals surface area contributed by atoms with Gasteiger partial charge in [0.1, 0.15) is 5.75 Å². The minimum Gasteiger partial charge on any atom is -0.508 e. The van der Waals surface area contributed by atoms with Crippen molar-refractivity contribution >= 4 is 15.9 Å². The average Bonchev–Trinajstić information content (AvgIpc) is 2.39. The predicted octanol–water partition coefficient (Wildman–Crippen LogP) is 0.245. The van der Waals surface area contributed by atoms with E-state index < -0.39 is 10.0 Å². The number of phenols is 1. The van der Waals surface area contributed by atoms with Crippen LogP contribution in [-0.4, -0.2) is 54.8 Å². The van der Waals surface area contributed by atoms with E-state index in [1.165, 1.54) is 35.5 Å². The van der Waals surface area contributed by atoms with Crippen molar-refractivity contribution in [2.45, 2.75) is 11.8 Å². The summed E-state index contributed by atoms with van der Waals surface area (Å²) < 4.78 is 26.0. The van der Waals surface area contributed by atoms with Crippen molar-refractivity contribution in [3.63, 3.8) is 0 Å². The summed E-state index contributed by atoms with van der Waals surface area (Å²) in [5, 5.41) is 9.18. The van der Waals surface area contributed by atoms with E-state index in [1.54, 1.807) is 4.90 Å². The van der Waals surface area contributed by atoms with Gasteiger partial charge < -0.3 is 10.0 Å². The van der Waals surface area contributed by atoms with Gasteiger partial charge in [0.2, 0.25) is 15.9 Å². The highest BCUT2D eigenvalue weighted by molar-refractivity contribution is 7.89. The van der Waals surface area contributed by atoms with Crippen LogP contribution in [0.1, 0.15) is 6.92 Å². The lowest BCUT2D eigenvalue weighted by atomic mass is 10.3. The molecule has 0 spiro atoms. The Morgan fingerprint density at radius 2 is 1.63 bits per heavy atom. The first kappa shape index (κ1) is 13.8. The van der Waals surface area contributed by atoms with E-state index in [0.29, 0.717) is 26.2 Å². The summed E-state index contributed by atoms with van der Waals surface area (Å²) in [6.07, 6.45) is 0. The molecular weight excluding hydrogens is 268 g/mol. The minimum atomic E-state index is -3.54. The van der Waals surface area contributed by atoms with E-state index in [-0.39, 0.29) is 16.6 Å². The molecular formula is C12H16N2O4S. The number of amides is 1. The zero-order valence-corrected chi connectivity index (χ0v) is 11.4. The van der Waals surface area contributed by atoms with Crippen molar-refractivity contribution < 1.29 is 18.3 Å². The molecule has 1 N–H and O–H groups in total. The van der Waals surface area contributed by atoms with Gasteiger partial charge in [-0.3, -0.25) is 4.79 Å². The summed E-state index contributed by atoms with van der Waals surface area (Å²) in [6, 6.07) is 5.45. The Kier molecular flexibility index (Phi) is 3.77. The lowest BCUT2D eigenvalue weighted by molar-refractivity contribution is -0.129. The average molecular weight is 284 g/mol. The molecule has 0 atom stereocenters. The summed E-state index contributed by atoms with van der Waals surface area (Å²) in [5.41, 5.74) is 0. The quantitative estimate of drug-likeness (QED) is 0.844. The van der Waals surface area contributed by atoms with E-state index in [2.05, 4.69) is 0 Å². The summed E-state index contributed by atoms with van der Waals surface area (Å²) in [7, 11) is -3.54. The fraction of sp³-hybridized carbons (Fsp3) is 0.417. The zero-order valence-electron chi connectivity index (χ0n) is 10.6. The van der Waals surface area contributed by atoms with Crippen molar-refractivity contribution in [2.75, 3.05) is 26.2 Å². The highest BCUT2D eigenvalue weighted by atomic mass is 32.2. The number of nitrogens with zero attached hydrogens (tertiary/aromatic N) is 2. The predicted molar refractivity (Wildman–Crippen MR) is 69.1 cm³/mol. The van der Waals surface area contributed by atoms with Crippen LogP contribution < -0.4 is 0 Å². The van der Waals surface area contributed by atoms with Crippen molar-refractivity contribution in [1.29, 1.82) is 0 Å². The second-order valence-electron chi connectivity index (χ2n) is 4.40. The molecule has 0 saturated carbocycles. The highest BCUT2D eigenvalue weighted by Gasteiger charge is 2.28. The molecule has 1 aliphatic heterocycles. The molecule has 0 bridgehead atoms. The summed E-state index contributed by atoms with van der Waals surface area (Å²) in [4.78, 5) is 13.0. The number of rotatable bonds is 2. The molecule has 0 radical (unpaired) electrons. The van der Waals surface area contributed by atoms with E-state index in [9.17, 15) is 18.3 Å². The van der Waals surface area contributed by atoms with Crippen molar-refractivity contribution in [3.8, 4) is 5.75 Å². The number of piperazine rings is 1. The second-order valence-corrected chi connectivity index (χ2v) is 6.34. The normalized spacial score (nSPS) is 17.4. The second kappa shape index (κ2) is 5.18. The molecule has 0 aliphatic carbocycles. The van der Waals surface area contributed by atoms with Crippen LogP contribution in [0.3, 0.4) is 0 Å². The molecule has 7 heteroatoms. The van der Waals surface area contributed by atoms with E-state index in [1.807, 2.05) is 0 Å². The van der Waals surface area contributed by atoms with Crippen LogP contribution >= 0.6 is 0 Å². The standard InChI is InChI=1S/C12H16N2O4S/c1-10(15)13-6-8-14(9-7-13)19(17,18)12-4-2-11(16)3-5-12/h2-5,16H,6-9H2,1H3. The van der Waals surface area contributed by atoms with Gasteiger partial charge in [0.05, 0.1) is 4.90 Å². The van der Waals surface area contributed by atoms with Gasteiger partial charge in [-0.1, -0.05) is 0 Å². The molecule has 1 aromatic rings. The maximum atomic E-state index is 12.3. The van der Waals surface area contributed by atoms with Gasteiger partial charge in [0, 0.05) is 33.1 Å². The molecule has 1 heterocycles. The fourth-order valence-corrected chi connectivity index (χ4v) is 3.43. The van der Waals surface area contributed by atoms with Gasteiger partial charge in [0.15, 0.2) is 0 Å². The van der Waals surface area contributed by atoms with E-state index >= 15 is 0 Å². The third-order valence-corrected chi connectivity index (χ3v) is 5.07. The molecule has 104 valence electrons. The van der Waals surface area contributed by atoms with Gasteiger partial charge >= 0.3 is 0 Å². The molecule has 19 heavy (non-hydrogen) atoms. The molecule has 6 nitrogen and oxygen atoms in total. The van der Waals surface area contributed by atoms with E-state index in [4.69, 9.17) is 0 Å². The largest absolute Gasteiger partial charge is 0.508 e. The van der Waals surface area contributed by atoms with Crippen LogP contribution in [0.2, 0.25) is 0 Å². The van der Waals surface area contributed by atoms with Crippen LogP contribution in [0.5, 0.6) is 5.75 Å². The Balaban J connectivity index is 2.14. The molecule has 1 amide bonds. The Morgan fingerprint density at radius 3 is 2.11 bits per heavy atom. The molecule has 0 unspecified atom stereocenters. The topological polar surface area (TPSA) is 77.9 Å². The van der Waals surface area contributed by atoms with Crippen molar-refractivity contribution in [3.05, 3.63) is 24.3 Å². The maximum absolute atomic E-state index is 12.3. The van der Waals surface area contributed by atoms with Gasteiger partial charge in [-0.15, -0.1) is 0 Å². The number of hydrogen-bond donors (Lipinski definition) is 1. The van der Waals surface area contributed by atoms with Crippen LogP contribution in [-0.2, 0) is 14.8 Å². The number of carbonyl (C=O) groups excluding carboxylic acids is 1. The molecule has 2 rings (SSSR count). The molecule has 1 fully saturated rings. The third kappa shape index (κ3) is 2.87. The SMILES string of the molecule is CC(=O)N1CCN(S(=O)(=O)c2ccc(O)cc2)CC1. The highest BCUT2D eigenvalue weighted by Crippen LogP contribution is 2.20. The van der Waals surface area contributed by atoms with Gasteiger partial charge in [0.25, 0.3) is 0 Å². The first-order valence-electron chi connectivity index (χ1n) is 5.96. The lowest BCUT2D eigenvalue weighted by Gasteiger charge is -2.33. The first-order valence-corrected chi connectivity index (χ1v) is 7.40. The molecule has 0 aromatic heterocycles. The van der Waals surface area contributed by atoms with Gasteiger partial charge in [-0.25, -0.2) is 8.42 Å². The number of hydrogen-bond acceptors (Lipinski definition) is 4.